The van der Waals surface area contributed by atoms with Crippen molar-refractivity contribution in [3.63, 3.8) is 0 Å². The van der Waals surface area contributed by atoms with Gasteiger partial charge in [-0.15, -0.1) is 12.4 Å². The highest BCUT2D eigenvalue weighted by Gasteiger charge is 2.22. The van der Waals surface area contributed by atoms with Gasteiger partial charge in [-0.05, 0) is 25.3 Å². The predicted molar refractivity (Wildman–Crippen MR) is 58.3 cm³/mol. The molecule has 1 aliphatic rings. The molecule has 1 aliphatic carbocycles. The van der Waals surface area contributed by atoms with Crippen molar-refractivity contribution in [1.29, 1.82) is 0 Å². The minimum atomic E-state index is 0. The number of benzene rings is 1. The van der Waals surface area contributed by atoms with Crippen LogP contribution in [0.5, 0.6) is 0 Å². The molecule has 1 unspecified atom stereocenters. The average molecular weight is 198 g/mol. The molecule has 0 heterocycles. The lowest BCUT2D eigenvalue weighted by atomic mass is 10.1. The van der Waals surface area contributed by atoms with E-state index in [0.717, 1.165) is 6.04 Å². The fourth-order valence-corrected chi connectivity index (χ4v) is 1.44. The molecule has 1 saturated carbocycles. The van der Waals surface area contributed by atoms with E-state index >= 15 is 0 Å². The van der Waals surface area contributed by atoms with Gasteiger partial charge in [0.2, 0.25) is 0 Å². The van der Waals surface area contributed by atoms with E-state index < -0.39 is 0 Å². The van der Waals surface area contributed by atoms with Crippen molar-refractivity contribution in [3.8, 4) is 0 Å². The van der Waals surface area contributed by atoms with Crippen molar-refractivity contribution >= 4 is 12.4 Å². The first kappa shape index (κ1) is 10.6. The zero-order chi connectivity index (χ0) is 8.39. The molecule has 1 atom stereocenters. The zero-order valence-corrected chi connectivity index (χ0v) is 8.68. The van der Waals surface area contributed by atoms with Crippen molar-refractivity contribution in [3.05, 3.63) is 35.9 Å². The Kier molecular flexibility index (Phi) is 3.76. The third-order valence-corrected chi connectivity index (χ3v) is 2.36. The van der Waals surface area contributed by atoms with Gasteiger partial charge in [0.25, 0.3) is 0 Å². The summed E-state index contributed by atoms with van der Waals surface area (Å²) in [7, 11) is 0. The molecule has 1 nitrogen and oxygen atoms in total. The standard InChI is InChI=1S/C11H15N.ClH/c1-9(12-11-7-8-11)10-5-3-2-4-6-10;/h2-6,9,11-12H,7-8H2,1H3;1H. The molecule has 0 bridgehead atoms. The van der Waals surface area contributed by atoms with E-state index in [1.54, 1.807) is 0 Å². The van der Waals surface area contributed by atoms with Crippen molar-refractivity contribution in [2.75, 3.05) is 0 Å². The van der Waals surface area contributed by atoms with Gasteiger partial charge in [-0.3, -0.25) is 0 Å². The lowest BCUT2D eigenvalue weighted by molar-refractivity contribution is 0.571. The van der Waals surface area contributed by atoms with Gasteiger partial charge in [0.1, 0.15) is 0 Å². The van der Waals surface area contributed by atoms with Crippen molar-refractivity contribution < 1.29 is 0 Å². The smallest absolute Gasteiger partial charge is 0.0294 e. The highest BCUT2D eigenvalue weighted by Crippen LogP contribution is 2.23. The van der Waals surface area contributed by atoms with Gasteiger partial charge in [0, 0.05) is 12.1 Å². The molecule has 72 valence electrons. The summed E-state index contributed by atoms with van der Waals surface area (Å²) in [6.07, 6.45) is 2.72. The van der Waals surface area contributed by atoms with E-state index in [-0.39, 0.29) is 12.4 Å². The fraction of sp³-hybridized carbons (Fsp3) is 0.455. The second-order valence-corrected chi connectivity index (χ2v) is 3.57. The van der Waals surface area contributed by atoms with Gasteiger partial charge in [-0.1, -0.05) is 30.3 Å². The quantitative estimate of drug-likeness (QED) is 0.786. The summed E-state index contributed by atoms with van der Waals surface area (Å²) in [4.78, 5) is 0. The number of halogens is 1. The minimum absolute atomic E-state index is 0. The summed E-state index contributed by atoms with van der Waals surface area (Å²) in [5.74, 6) is 0. The normalized spacial score (nSPS) is 17.6. The van der Waals surface area contributed by atoms with Crippen LogP contribution in [-0.4, -0.2) is 6.04 Å². The second kappa shape index (κ2) is 4.64. The van der Waals surface area contributed by atoms with E-state index in [9.17, 15) is 0 Å². The molecule has 13 heavy (non-hydrogen) atoms. The van der Waals surface area contributed by atoms with Crippen LogP contribution in [0.4, 0.5) is 0 Å². The van der Waals surface area contributed by atoms with E-state index in [2.05, 4.69) is 42.6 Å². The summed E-state index contributed by atoms with van der Waals surface area (Å²) >= 11 is 0. The second-order valence-electron chi connectivity index (χ2n) is 3.57. The van der Waals surface area contributed by atoms with Crippen LogP contribution in [0.2, 0.25) is 0 Å². The largest absolute Gasteiger partial charge is 0.307 e. The number of rotatable bonds is 3. The lowest BCUT2D eigenvalue weighted by Gasteiger charge is -2.12. The Morgan fingerprint density at radius 2 is 1.85 bits per heavy atom. The van der Waals surface area contributed by atoms with Crippen LogP contribution in [0.15, 0.2) is 30.3 Å². The minimum Gasteiger partial charge on any atom is -0.307 e. The molecule has 0 saturated heterocycles. The molecule has 0 radical (unpaired) electrons. The molecule has 2 rings (SSSR count). The van der Waals surface area contributed by atoms with E-state index in [1.807, 2.05) is 0 Å². The topological polar surface area (TPSA) is 12.0 Å². The van der Waals surface area contributed by atoms with Crippen molar-refractivity contribution in [1.82, 2.24) is 5.32 Å². The maximum Gasteiger partial charge on any atom is 0.0294 e. The SMILES string of the molecule is CC(NC1CC1)c1ccccc1.Cl. The summed E-state index contributed by atoms with van der Waals surface area (Å²) in [6.45, 7) is 2.23. The average Bonchev–Trinajstić information content (AvgIpc) is 2.90. The number of hydrogen-bond acceptors (Lipinski definition) is 1. The Labute approximate surface area is 86.0 Å². The van der Waals surface area contributed by atoms with Crippen LogP contribution in [-0.2, 0) is 0 Å². The van der Waals surface area contributed by atoms with Gasteiger partial charge in [0.15, 0.2) is 0 Å². The van der Waals surface area contributed by atoms with E-state index in [4.69, 9.17) is 0 Å². The Morgan fingerprint density at radius 3 is 2.38 bits per heavy atom. The van der Waals surface area contributed by atoms with Crippen LogP contribution < -0.4 is 5.32 Å². The Bertz CT molecular complexity index is 244. The molecule has 1 N–H and O–H groups in total. The van der Waals surface area contributed by atoms with Gasteiger partial charge in [-0.2, -0.15) is 0 Å². The zero-order valence-electron chi connectivity index (χ0n) is 7.86. The molecule has 1 fully saturated rings. The van der Waals surface area contributed by atoms with Crippen LogP contribution in [0, 0.1) is 0 Å². The van der Waals surface area contributed by atoms with Crippen molar-refractivity contribution in [2.45, 2.75) is 31.8 Å². The lowest BCUT2D eigenvalue weighted by Crippen LogP contribution is -2.20. The first-order valence-electron chi connectivity index (χ1n) is 4.67. The van der Waals surface area contributed by atoms with Gasteiger partial charge < -0.3 is 5.32 Å². The maximum atomic E-state index is 3.57. The Balaban J connectivity index is 0.000000845. The summed E-state index contributed by atoms with van der Waals surface area (Å²) < 4.78 is 0. The molecule has 0 amide bonds. The highest BCUT2D eigenvalue weighted by molar-refractivity contribution is 5.85. The Morgan fingerprint density at radius 1 is 1.23 bits per heavy atom. The van der Waals surface area contributed by atoms with Crippen LogP contribution in [0.25, 0.3) is 0 Å². The summed E-state index contributed by atoms with van der Waals surface area (Å²) in [6, 6.07) is 11.9. The highest BCUT2D eigenvalue weighted by atomic mass is 35.5. The van der Waals surface area contributed by atoms with E-state index in [1.165, 1.54) is 18.4 Å². The van der Waals surface area contributed by atoms with E-state index in [0.29, 0.717) is 6.04 Å². The van der Waals surface area contributed by atoms with Gasteiger partial charge >= 0.3 is 0 Å². The van der Waals surface area contributed by atoms with Crippen LogP contribution >= 0.6 is 12.4 Å². The van der Waals surface area contributed by atoms with Crippen LogP contribution in [0.3, 0.4) is 0 Å². The first-order chi connectivity index (χ1) is 5.86. The molecular formula is C11H16ClN. The number of hydrogen-bond donors (Lipinski definition) is 1. The molecule has 2 heteroatoms. The van der Waals surface area contributed by atoms with Gasteiger partial charge in [0.05, 0.1) is 0 Å². The molecule has 1 aromatic rings. The molecule has 1 aromatic carbocycles. The summed E-state index contributed by atoms with van der Waals surface area (Å²) in [5, 5.41) is 3.57. The number of nitrogens with one attached hydrogen (secondary N) is 1. The molecule has 0 aliphatic heterocycles. The monoisotopic (exact) mass is 197 g/mol. The fourth-order valence-electron chi connectivity index (χ4n) is 1.44. The molecule has 0 spiro atoms. The third kappa shape index (κ3) is 3.02. The van der Waals surface area contributed by atoms with Gasteiger partial charge in [-0.25, -0.2) is 0 Å². The Hall–Kier alpha value is -0.530. The first-order valence-corrected chi connectivity index (χ1v) is 4.67. The van der Waals surface area contributed by atoms with Crippen LogP contribution in [0.1, 0.15) is 31.4 Å². The third-order valence-electron chi connectivity index (χ3n) is 2.36. The predicted octanol–water partition coefficient (Wildman–Crippen LogP) is 2.92. The van der Waals surface area contributed by atoms with Crippen molar-refractivity contribution in [2.24, 2.45) is 0 Å². The molecule has 0 aromatic heterocycles. The molecular weight excluding hydrogens is 182 g/mol. The maximum absolute atomic E-state index is 3.57. The summed E-state index contributed by atoms with van der Waals surface area (Å²) in [5.41, 5.74) is 1.39.